The fourth-order valence-corrected chi connectivity index (χ4v) is 2.41. The number of amides is 2. The molecule has 5 heteroatoms. The molecule has 0 bridgehead atoms. The van der Waals surface area contributed by atoms with E-state index in [-0.39, 0.29) is 12.1 Å². The highest BCUT2D eigenvalue weighted by Gasteiger charge is 2.38. The van der Waals surface area contributed by atoms with E-state index in [9.17, 15) is 9.59 Å². The number of urea groups is 1. The van der Waals surface area contributed by atoms with E-state index >= 15 is 0 Å². The second-order valence-corrected chi connectivity index (χ2v) is 5.70. The van der Waals surface area contributed by atoms with Crippen LogP contribution in [0.5, 0.6) is 0 Å². The average Bonchev–Trinajstić information content (AvgIpc) is 2.38. The number of piperidine rings is 1. The Morgan fingerprint density at radius 2 is 1.89 bits per heavy atom. The summed E-state index contributed by atoms with van der Waals surface area (Å²) in [6, 6.07) is 0.179. The van der Waals surface area contributed by atoms with Crippen molar-refractivity contribution in [2.75, 3.05) is 13.1 Å². The van der Waals surface area contributed by atoms with E-state index < -0.39 is 11.4 Å². The highest BCUT2D eigenvalue weighted by atomic mass is 16.4. The van der Waals surface area contributed by atoms with Crippen molar-refractivity contribution in [3.63, 3.8) is 0 Å². The Morgan fingerprint density at radius 1 is 1.32 bits per heavy atom. The normalized spacial score (nSPS) is 19.8. The van der Waals surface area contributed by atoms with Crippen molar-refractivity contribution in [2.45, 2.75) is 58.9 Å². The van der Waals surface area contributed by atoms with Gasteiger partial charge in [-0.1, -0.05) is 20.3 Å². The van der Waals surface area contributed by atoms with Crippen molar-refractivity contribution in [2.24, 2.45) is 5.41 Å². The summed E-state index contributed by atoms with van der Waals surface area (Å²) in [7, 11) is 0. The van der Waals surface area contributed by atoms with Crippen LogP contribution in [0.2, 0.25) is 0 Å². The molecule has 19 heavy (non-hydrogen) atoms. The molecule has 0 aromatic rings. The molecule has 0 spiro atoms. The molecule has 110 valence electrons. The lowest BCUT2D eigenvalue weighted by Crippen LogP contribution is -2.50. The number of hydrogen-bond donors (Lipinski definition) is 2. The minimum Gasteiger partial charge on any atom is -0.481 e. The third kappa shape index (κ3) is 4.11. The lowest BCUT2D eigenvalue weighted by Gasteiger charge is -2.37. The van der Waals surface area contributed by atoms with Gasteiger partial charge in [0.1, 0.15) is 0 Å². The van der Waals surface area contributed by atoms with Gasteiger partial charge in [0.05, 0.1) is 5.41 Å². The van der Waals surface area contributed by atoms with Gasteiger partial charge in [-0.25, -0.2) is 4.79 Å². The molecular formula is C14H26N2O3. The van der Waals surface area contributed by atoms with E-state index in [0.717, 1.165) is 19.3 Å². The first-order valence-corrected chi connectivity index (χ1v) is 7.21. The van der Waals surface area contributed by atoms with Gasteiger partial charge in [-0.15, -0.1) is 0 Å². The van der Waals surface area contributed by atoms with E-state index in [0.29, 0.717) is 25.9 Å². The van der Waals surface area contributed by atoms with Gasteiger partial charge in [-0.3, -0.25) is 4.79 Å². The van der Waals surface area contributed by atoms with Crippen LogP contribution in [0, 0.1) is 5.41 Å². The molecule has 2 N–H and O–H groups in total. The number of carbonyl (C=O) groups excluding carboxylic acids is 1. The second-order valence-electron chi connectivity index (χ2n) is 5.70. The average molecular weight is 270 g/mol. The minimum atomic E-state index is -0.759. The summed E-state index contributed by atoms with van der Waals surface area (Å²) < 4.78 is 0. The molecular weight excluding hydrogens is 244 g/mol. The zero-order chi connectivity index (χ0) is 14.5. The maximum absolute atomic E-state index is 12.1. The Balaban J connectivity index is 2.46. The summed E-state index contributed by atoms with van der Waals surface area (Å²) in [5, 5.41) is 12.2. The van der Waals surface area contributed by atoms with Crippen LogP contribution in [-0.2, 0) is 4.79 Å². The van der Waals surface area contributed by atoms with Crippen molar-refractivity contribution in [3.8, 4) is 0 Å². The SMILES string of the molecule is CCCC(CC)NC(=O)N1CCC(C)(C(=O)O)CC1. The first-order chi connectivity index (χ1) is 8.92. The minimum absolute atomic E-state index is 0.0484. The van der Waals surface area contributed by atoms with E-state index in [1.807, 2.05) is 0 Å². The monoisotopic (exact) mass is 270 g/mol. The maximum atomic E-state index is 12.1. The van der Waals surface area contributed by atoms with Crippen LogP contribution < -0.4 is 5.32 Å². The molecule has 0 aromatic carbocycles. The Kier molecular flexibility index (Phi) is 5.63. The molecule has 1 atom stereocenters. The number of nitrogens with zero attached hydrogens (tertiary/aromatic N) is 1. The fourth-order valence-electron chi connectivity index (χ4n) is 2.41. The quantitative estimate of drug-likeness (QED) is 0.806. The van der Waals surface area contributed by atoms with Crippen LogP contribution in [0.4, 0.5) is 4.79 Å². The summed E-state index contributed by atoms with van der Waals surface area (Å²) in [5.41, 5.74) is -0.676. The zero-order valence-corrected chi connectivity index (χ0v) is 12.2. The third-order valence-electron chi connectivity index (χ3n) is 4.13. The highest BCUT2D eigenvalue weighted by molar-refractivity contribution is 5.77. The molecule has 5 nitrogen and oxygen atoms in total. The number of rotatable bonds is 5. The Bertz CT molecular complexity index is 323. The molecule has 1 saturated heterocycles. The van der Waals surface area contributed by atoms with Crippen LogP contribution in [0.1, 0.15) is 52.9 Å². The second kappa shape index (κ2) is 6.78. The lowest BCUT2D eigenvalue weighted by atomic mass is 9.80. The number of carboxylic acid groups (broad SMARTS) is 1. The first kappa shape index (κ1) is 15.8. The molecule has 0 aliphatic carbocycles. The number of carbonyl (C=O) groups is 2. The lowest BCUT2D eigenvalue weighted by molar-refractivity contribution is -0.150. The summed E-state index contributed by atoms with van der Waals surface area (Å²) >= 11 is 0. The fraction of sp³-hybridized carbons (Fsp3) is 0.857. The molecule has 1 aliphatic rings. The van der Waals surface area contributed by atoms with Crippen molar-refractivity contribution >= 4 is 12.0 Å². The van der Waals surface area contributed by atoms with E-state index in [4.69, 9.17) is 5.11 Å². The van der Waals surface area contributed by atoms with Crippen molar-refractivity contribution < 1.29 is 14.7 Å². The van der Waals surface area contributed by atoms with Gasteiger partial charge in [0.25, 0.3) is 0 Å². The van der Waals surface area contributed by atoms with E-state index in [1.165, 1.54) is 0 Å². The molecule has 1 heterocycles. The molecule has 0 radical (unpaired) electrons. The van der Waals surface area contributed by atoms with Gasteiger partial charge in [-0.05, 0) is 32.6 Å². The van der Waals surface area contributed by atoms with Crippen molar-refractivity contribution in [1.82, 2.24) is 10.2 Å². The largest absolute Gasteiger partial charge is 0.481 e. The van der Waals surface area contributed by atoms with Crippen LogP contribution in [-0.4, -0.2) is 41.1 Å². The van der Waals surface area contributed by atoms with Gasteiger partial charge in [0.15, 0.2) is 0 Å². The van der Waals surface area contributed by atoms with E-state index in [1.54, 1.807) is 11.8 Å². The summed E-state index contributed by atoms with van der Waals surface area (Å²) in [6.45, 7) is 6.98. The van der Waals surface area contributed by atoms with Crippen LogP contribution in [0.25, 0.3) is 0 Å². The Hall–Kier alpha value is -1.26. The molecule has 0 aromatic heterocycles. The molecule has 1 unspecified atom stereocenters. The summed E-state index contributed by atoms with van der Waals surface area (Å²) in [6.07, 6.45) is 4.03. The zero-order valence-electron chi connectivity index (χ0n) is 12.2. The van der Waals surface area contributed by atoms with E-state index in [2.05, 4.69) is 19.2 Å². The molecule has 0 saturated carbocycles. The van der Waals surface area contributed by atoms with Crippen molar-refractivity contribution in [3.05, 3.63) is 0 Å². The van der Waals surface area contributed by atoms with Gasteiger partial charge >= 0.3 is 12.0 Å². The predicted octanol–water partition coefficient (Wildman–Crippen LogP) is 2.46. The number of aliphatic carboxylic acids is 1. The van der Waals surface area contributed by atoms with Crippen LogP contribution in [0.3, 0.4) is 0 Å². The number of carboxylic acids is 1. The van der Waals surface area contributed by atoms with Gasteiger partial charge in [0.2, 0.25) is 0 Å². The maximum Gasteiger partial charge on any atom is 0.317 e. The van der Waals surface area contributed by atoms with Gasteiger partial charge in [0, 0.05) is 19.1 Å². The predicted molar refractivity (Wildman–Crippen MR) is 74.1 cm³/mol. The summed E-state index contributed by atoms with van der Waals surface area (Å²) in [4.78, 5) is 25.0. The number of likely N-dealkylation sites (tertiary alicyclic amines) is 1. The molecule has 1 rings (SSSR count). The molecule has 2 amide bonds. The van der Waals surface area contributed by atoms with Crippen molar-refractivity contribution in [1.29, 1.82) is 0 Å². The topological polar surface area (TPSA) is 69.6 Å². The van der Waals surface area contributed by atoms with Gasteiger partial charge < -0.3 is 15.3 Å². The number of hydrogen-bond acceptors (Lipinski definition) is 2. The Labute approximate surface area is 115 Å². The Morgan fingerprint density at radius 3 is 2.32 bits per heavy atom. The van der Waals surface area contributed by atoms with Gasteiger partial charge in [-0.2, -0.15) is 0 Å². The molecule has 1 aliphatic heterocycles. The van der Waals surface area contributed by atoms with Crippen LogP contribution in [0.15, 0.2) is 0 Å². The first-order valence-electron chi connectivity index (χ1n) is 7.21. The number of nitrogens with one attached hydrogen (secondary N) is 1. The highest BCUT2D eigenvalue weighted by Crippen LogP contribution is 2.31. The summed E-state index contributed by atoms with van der Waals surface area (Å²) in [5.74, 6) is -0.759. The van der Waals surface area contributed by atoms with Crippen LogP contribution >= 0.6 is 0 Å². The molecule has 1 fully saturated rings. The smallest absolute Gasteiger partial charge is 0.317 e. The third-order valence-corrected chi connectivity index (χ3v) is 4.13. The standard InChI is InChI=1S/C14H26N2O3/c1-4-6-11(5-2)15-13(19)16-9-7-14(3,8-10-16)12(17)18/h11H,4-10H2,1-3H3,(H,15,19)(H,17,18).